The zero-order valence-electron chi connectivity index (χ0n) is 18.6. The van der Waals surface area contributed by atoms with E-state index in [0.717, 1.165) is 24.0 Å². The van der Waals surface area contributed by atoms with Crippen LogP contribution in [-0.4, -0.2) is 40.9 Å². The molecule has 0 radical (unpaired) electrons. The molecule has 4 rings (SSSR count). The van der Waals surface area contributed by atoms with E-state index in [1.54, 1.807) is 19.3 Å². The maximum atomic E-state index is 12.4. The Morgan fingerprint density at radius 2 is 2.00 bits per heavy atom. The van der Waals surface area contributed by atoms with Crippen molar-refractivity contribution >= 4 is 11.8 Å². The van der Waals surface area contributed by atoms with E-state index in [1.807, 2.05) is 36.1 Å². The number of aromatic nitrogens is 1. The molecule has 0 unspecified atom stereocenters. The van der Waals surface area contributed by atoms with Crippen molar-refractivity contribution in [3.05, 3.63) is 65.5 Å². The Bertz CT molecular complexity index is 1030. The molecule has 1 aromatic carbocycles. The third-order valence-electron chi connectivity index (χ3n) is 6.64. The summed E-state index contributed by atoms with van der Waals surface area (Å²) in [5, 5.41) is 3.21. The summed E-state index contributed by atoms with van der Waals surface area (Å²) >= 11 is 0. The minimum Gasteiger partial charge on any atom is -0.370 e. The summed E-state index contributed by atoms with van der Waals surface area (Å²) in [4.78, 5) is 30.8. The van der Waals surface area contributed by atoms with E-state index in [1.165, 1.54) is 5.56 Å². The first-order chi connectivity index (χ1) is 15.6. The Morgan fingerprint density at radius 1 is 1.22 bits per heavy atom. The van der Waals surface area contributed by atoms with Crippen molar-refractivity contribution in [1.82, 2.24) is 15.2 Å². The van der Waals surface area contributed by atoms with Gasteiger partial charge in [0.05, 0.1) is 18.8 Å². The smallest absolute Gasteiger partial charge is 0.298 e. The van der Waals surface area contributed by atoms with Crippen LogP contribution in [0.1, 0.15) is 55.8 Å². The molecule has 1 aliphatic carbocycles. The van der Waals surface area contributed by atoms with Gasteiger partial charge < -0.3 is 15.0 Å². The normalized spacial score (nSPS) is 20.9. The molecule has 1 saturated heterocycles. The molecule has 1 N–H and O–H groups in total. The molecule has 32 heavy (non-hydrogen) atoms. The number of hydrogen-bond donors (Lipinski definition) is 1. The predicted octanol–water partition coefficient (Wildman–Crippen LogP) is 3.13. The van der Waals surface area contributed by atoms with E-state index in [2.05, 4.69) is 34.3 Å². The quantitative estimate of drug-likeness (QED) is 0.739. The fourth-order valence-electron chi connectivity index (χ4n) is 5.06. The first-order valence-electron chi connectivity index (χ1n) is 11.2. The molecule has 2 amide bonds. The van der Waals surface area contributed by atoms with Crippen LogP contribution >= 0.6 is 0 Å². The van der Waals surface area contributed by atoms with Gasteiger partial charge in [0.25, 0.3) is 5.91 Å². The van der Waals surface area contributed by atoms with Crippen LogP contribution in [0.15, 0.2) is 48.8 Å². The number of benzene rings is 1. The van der Waals surface area contributed by atoms with Crippen LogP contribution in [0.5, 0.6) is 0 Å². The summed E-state index contributed by atoms with van der Waals surface area (Å²) in [6, 6.07) is 12.0. The first-order valence-corrected chi connectivity index (χ1v) is 11.2. The second-order valence-electron chi connectivity index (χ2n) is 8.40. The van der Waals surface area contributed by atoms with Crippen LogP contribution in [0.2, 0.25) is 0 Å². The number of hydrogen-bond acceptors (Lipinski definition) is 4. The zero-order chi connectivity index (χ0) is 22.6. The number of likely N-dealkylation sites (tertiary alicyclic amines) is 1. The van der Waals surface area contributed by atoms with Crippen LogP contribution in [-0.2, 0) is 26.3 Å². The maximum absolute atomic E-state index is 12.4. The number of piperidine rings is 1. The summed E-state index contributed by atoms with van der Waals surface area (Å²) in [6.45, 7) is 5.18. The fraction of sp³-hybridized carbons (Fsp3) is 0.423. The van der Waals surface area contributed by atoms with Gasteiger partial charge in [-0.2, -0.15) is 0 Å². The van der Waals surface area contributed by atoms with Gasteiger partial charge in [0.15, 0.2) is 0 Å². The monoisotopic (exact) mass is 431 g/mol. The van der Waals surface area contributed by atoms with Crippen molar-refractivity contribution in [3.63, 3.8) is 0 Å². The van der Waals surface area contributed by atoms with Gasteiger partial charge in [0.1, 0.15) is 0 Å². The lowest BCUT2D eigenvalue weighted by molar-refractivity contribution is -0.128. The van der Waals surface area contributed by atoms with Crippen LogP contribution < -0.4 is 5.32 Å². The van der Waals surface area contributed by atoms with E-state index in [-0.39, 0.29) is 29.4 Å². The number of rotatable bonds is 5. The highest BCUT2D eigenvalue weighted by Crippen LogP contribution is 2.52. The standard InChI is InChI=1S/C26H29N3O3/c1-3-8-23(31)29-15-12-26(13-16-29)21-11-6-5-10-20(21)24(28-22(30)4-2)25(26)32-18-19-9-7-14-27-17-19/h5-7,9-11,14,17,24-25H,4,12-13,15-16,18H2,1-2H3,(H,28,30)/t24-,25+/m1/s1. The van der Waals surface area contributed by atoms with Crippen molar-refractivity contribution in [2.75, 3.05) is 13.1 Å². The van der Waals surface area contributed by atoms with E-state index < -0.39 is 0 Å². The average molecular weight is 432 g/mol. The summed E-state index contributed by atoms with van der Waals surface area (Å²) in [5.41, 5.74) is 3.04. The van der Waals surface area contributed by atoms with Gasteiger partial charge in [0, 0.05) is 37.3 Å². The molecule has 6 nitrogen and oxygen atoms in total. The molecule has 6 heteroatoms. The van der Waals surface area contributed by atoms with Crippen molar-refractivity contribution < 1.29 is 14.3 Å². The number of nitrogens with one attached hydrogen (secondary N) is 1. The van der Waals surface area contributed by atoms with E-state index >= 15 is 0 Å². The highest BCUT2D eigenvalue weighted by atomic mass is 16.5. The van der Waals surface area contributed by atoms with Gasteiger partial charge in [-0.1, -0.05) is 43.2 Å². The lowest BCUT2D eigenvalue weighted by Gasteiger charge is -2.44. The molecule has 2 atom stereocenters. The molecule has 1 aromatic heterocycles. The Kier molecular flexibility index (Phi) is 6.57. The third-order valence-corrected chi connectivity index (χ3v) is 6.64. The Labute approximate surface area is 189 Å². The molecule has 2 aromatic rings. The molecule has 1 spiro atoms. The number of ether oxygens (including phenoxy) is 1. The molecule has 1 aliphatic heterocycles. The van der Waals surface area contributed by atoms with E-state index in [9.17, 15) is 9.59 Å². The fourth-order valence-corrected chi connectivity index (χ4v) is 5.06. The topological polar surface area (TPSA) is 71.5 Å². The van der Waals surface area contributed by atoms with Crippen LogP contribution in [0.4, 0.5) is 0 Å². The zero-order valence-corrected chi connectivity index (χ0v) is 18.6. The Morgan fingerprint density at radius 3 is 2.69 bits per heavy atom. The minimum absolute atomic E-state index is 0.00247. The van der Waals surface area contributed by atoms with Crippen LogP contribution in [0.25, 0.3) is 0 Å². The Hall–Kier alpha value is -3.17. The summed E-state index contributed by atoms with van der Waals surface area (Å²) in [5.74, 6) is 5.23. The number of fused-ring (bicyclic) bond motifs is 2. The lowest BCUT2D eigenvalue weighted by Crippen LogP contribution is -2.51. The molecular formula is C26H29N3O3. The molecule has 166 valence electrons. The molecule has 0 saturated carbocycles. The minimum atomic E-state index is -0.277. The first kappa shape index (κ1) is 22.0. The van der Waals surface area contributed by atoms with Crippen molar-refractivity contribution in [2.24, 2.45) is 0 Å². The van der Waals surface area contributed by atoms with E-state index in [0.29, 0.717) is 26.1 Å². The number of pyridine rings is 1. The predicted molar refractivity (Wildman–Crippen MR) is 121 cm³/mol. The molecule has 1 fully saturated rings. The second kappa shape index (κ2) is 9.54. The molecule has 0 bridgehead atoms. The second-order valence-corrected chi connectivity index (χ2v) is 8.40. The highest BCUT2D eigenvalue weighted by Gasteiger charge is 2.54. The molecular weight excluding hydrogens is 402 g/mol. The summed E-state index contributed by atoms with van der Waals surface area (Å²) in [6.07, 6.45) is 5.25. The molecule has 2 aliphatic rings. The van der Waals surface area contributed by atoms with Crippen molar-refractivity contribution in [1.29, 1.82) is 0 Å². The van der Waals surface area contributed by atoms with Crippen LogP contribution in [0.3, 0.4) is 0 Å². The maximum Gasteiger partial charge on any atom is 0.298 e. The van der Waals surface area contributed by atoms with Crippen LogP contribution in [0, 0.1) is 11.8 Å². The van der Waals surface area contributed by atoms with Crippen molar-refractivity contribution in [2.45, 2.75) is 57.3 Å². The van der Waals surface area contributed by atoms with Gasteiger partial charge >= 0.3 is 0 Å². The SMILES string of the molecule is CC#CC(=O)N1CCC2(CC1)c1ccccc1[C@@H](NC(=O)CC)[C@@H]2OCc1cccnc1. The number of nitrogens with zero attached hydrogens (tertiary/aromatic N) is 2. The largest absolute Gasteiger partial charge is 0.370 e. The third kappa shape index (κ3) is 4.13. The van der Waals surface area contributed by atoms with E-state index in [4.69, 9.17) is 4.74 Å². The van der Waals surface area contributed by atoms with Crippen molar-refractivity contribution in [3.8, 4) is 11.8 Å². The number of amides is 2. The number of carbonyl (C=O) groups excluding carboxylic acids is 2. The van der Waals surface area contributed by atoms with Gasteiger partial charge in [0.2, 0.25) is 5.91 Å². The summed E-state index contributed by atoms with van der Waals surface area (Å²) < 4.78 is 6.58. The highest BCUT2D eigenvalue weighted by molar-refractivity contribution is 5.93. The average Bonchev–Trinajstić information content (AvgIpc) is 3.07. The number of carbonyl (C=O) groups is 2. The van der Waals surface area contributed by atoms with Gasteiger partial charge in [-0.15, -0.1) is 0 Å². The van der Waals surface area contributed by atoms with Gasteiger partial charge in [-0.05, 0) is 48.4 Å². The van der Waals surface area contributed by atoms with Gasteiger partial charge in [-0.3, -0.25) is 14.6 Å². The van der Waals surface area contributed by atoms with Gasteiger partial charge in [-0.25, -0.2) is 0 Å². The Balaban J connectivity index is 1.67. The summed E-state index contributed by atoms with van der Waals surface area (Å²) in [7, 11) is 0. The molecule has 2 heterocycles. The lowest BCUT2D eigenvalue weighted by atomic mass is 9.71.